The summed E-state index contributed by atoms with van der Waals surface area (Å²) in [4.78, 5) is 24.3. The Labute approximate surface area is 141 Å². The van der Waals surface area contributed by atoms with Crippen LogP contribution in [-0.2, 0) is 9.53 Å². The number of aliphatic hydroxyl groups is 1. The molecule has 25 heavy (non-hydrogen) atoms. The summed E-state index contributed by atoms with van der Waals surface area (Å²) in [6.45, 7) is 2.43. The lowest BCUT2D eigenvalue weighted by molar-refractivity contribution is -0.138. The summed E-state index contributed by atoms with van der Waals surface area (Å²) in [6, 6.07) is -0.865. The van der Waals surface area contributed by atoms with E-state index in [1.165, 1.54) is 13.8 Å². The first-order valence-electron chi connectivity index (χ1n) is 7.28. The van der Waals surface area contributed by atoms with E-state index < -0.39 is 58.1 Å². The number of esters is 1. The highest BCUT2D eigenvalue weighted by Crippen LogP contribution is 2.22. The third-order valence-corrected chi connectivity index (χ3v) is 3.39. The maximum absolute atomic E-state index is 13.8. The van der Waals surface area contributed by atoms with Crippen LogP contribution in [0.2, 0.25) is 0 Å². The van der Waals surface area contributed by atoms with E-state index in [-0.39, 0.29) is 19.3 Å². The predicted octanol–water partition coefficient (Wildman–Crippen LogP) is 1.87. The molecule has 0 spiro atoms. The second kappa shape index (κ2) is 8.72. The summed E-state index contributed by atoms with van der Waals surface area (Å²) in [7, 11) is 0. The van der Waals surface area contributed by atoms with Crippen LogP contribution < -0.4 is 5.73 Å². The number of halogens is 4. The number of aliphatic hydroxyl groups excluding tert-OH is 1. The summed E-state index contributed by atoms with van der Waals surface area (Å²) >= 11 is 0. The number of hydrogen-bond donors (Lipinski definition) is 2. The van der Waals surface area contributed by atoms with Gasteiger partial charge in [0.05, 0.1) is 12.2 Å². The quantitative estimate of drug-likeness (QED) is 0.113. The van der Waals surface area contributed by atoms with Gasteiger partial charge in [0.25, 0.3) is 0 Å². The van der Waals surface area contributed by atoms with Crippen LogP contribution >= 0.6 is 0 Å². The lowest BCUT2D eigenvalue weighted by Gasteiger charge is -2.15. The Morgan fingerprint density at radius 1 is 1.24 bits per heavy atom. The molecule has 0 saturated carbocycles. The first-order valence-corrected chi connectivity index (χ1v) is 7.28. The van der Waals surface area contributed by atoms with E-state index in [2.05, 4.69) is 4.74 Å². The largest absolute Gasteiger partial charge is 0.462 e. The van der Waals surface area contributed by atoms with E-state index in [1.54, 1.807) is 0 Å². The Hall–Kier alpha value is -2.26. The highest BCUT2D eigenvalue weighted by molar-refractivity contribution is 6.24. The third kappa shape index (κ3) is 4.64. The highest BCUT2D eigenvalue weighted by atomic mass is 19.2. The smallest absolute Gasteiger partial charge is 0.341 e. The second-order valence-corrected chi connectivity index (χ2v) is 5.22. The van der Waals surface area contributed by atoms with Crippen LogP contribution in [-0.4, -0.2) is 36.1 Å². The molecule has 1 unspecified atom stereocenters. The van der Waals surface area contributed by atoms with Gasteiger partial charge in [-0.05, 0) is 25.0 Å². The van der Waals surface area contributed by atoms with Crippen molar-refractivity contribution in [3.05, 3.63) is 46.5 Å². The van der Waals surface area contributed by atoms with Crippen molar-refractivity contribution in [1.82, 2.24) is 0 Å². The fraction of sp³-hybridized carbons (Fsp3) is 0.375. The van der Waals surface area contributed by atoms with Gasteiger partial charge in [0.2, 0.25) is 5.78 Å². The summed E-state index contributed by atoms with van der Waals surface area (Å²) in [5.74, 6) is -11.2. The van der Waals surface area contributed by atoms with Gasteiger partial charge in [-0.25, -0.2) is 22.4 Å². The van der Waals surface area contributed by atoms with Crippen molar-refractivity contribution in [3.8, 4) is 0 Å². The van der Waals surface area contributed by atoms with E-state index in [1.807, 2.05) is 0 Å². The summed E-state index contributed by atoms with van der Waals surface area (Å²) in [6.07, 6.45) is 0.903. The molecule has 1 rings (SSSR count). The molecule has 0 aromatic heterocycles. The molecule has 1 aromatic carbocycles. The number of ether oxygens (including phenoxy) is 1. The van der Waals surface area contributed by atoms with Crippen molar-refractivity contribution in [1.29, 1.82) is 0 Å². The fourth-order valence-electron chi connectivity index (χ4n) is 1.81. The van der Waals surface area contributed by atoms with Crippen LogP contribution in [0.4, 0.5) is 17.6 Å². The van der Waals surface area contributed by atoms with Crippen molar-refractivity contribution < 1.29 is 37.0 Å². The zero-order chi connectivity index (χ0) is 19.3. The number of carbonyl (C=O) groups excluding carboxylic acids is 2. The second-order valence-electron chi connectivity index (χ2n) is 5.22. The van der Waals surface area contributed by atoms with Crippen LogP contribution in [0.25, 0.3) is 0 Å². The number of ketones is 1. The molecule has 0 amide bonds. The molecular weight excluding hydrogens is 346 g/mol. The van der Waals surface area contributed by atoms with E-state index in [4.69, 9.17) is 10.8 Å². The third-order valence-electron chi connectivity index (χ3n) is 3.39. The minimum atomic E-state index is -2.18. The average Bonchev–Trinajstić information content (AvgIpc) is 2.59. The SMILES string of the molecule is CCOC(=O)C(=CC(N)[C@H](C)CO)C(=O)c1cc(F)c(F)c(F)c1F. The zero-order valence-electron chi connectivity index (χ0n) is 13.5. The number of benzene rings is 1. The number of hydrogen-bond acceptors (Lipinski definition) is 5. The molecule has 138 valence electrons. The van der Waals surface area contributed by atoms with Gasteiger partial charge in [0.1, 0.15) is 5.57 Å². The molecule has 0 aliphatic heterocycles. The Morgan fingerprint density at radius 3 is 2.36 bits per heavy atom. The molecule has 5 nitrogen and oxygen atoms in total. The summed E-state index contributed by atoms with van der Waals surface area (Å²) in [5.41, 5.74) is 3.74. The molecule has 0 aliphatic rings. The Bertz CT molecular complexity index is 706. The normalized spacial score (nSPS) is 14.2. The topological polar surface area (TPSA) is 89.6 Å². The molecule has 9 heteroatoms. The van der Waals surface area contributed by atoms with Crippen molar-refractivity contribution in [2.45, 2.75) is 19.9 Å². The lowest BCUT2D eigenvalue weighted by Crippen LogP contribution is -2.31. The zero-order valence-corrected chi connectivity index (χ0v) is 13.5. The van der Waals surface area contributed by atoms with Crippen LogP contribution in [0.3, 0.4) is 0 Å². The number of rotatable bonds is 7. The first-order chi connectivity index (χ1) is 11.6. The molecule has 0 heterocycles. The molecule has 0 aliphatic carbocycles. The summed E-state index contributed by atoms with van der Waals surface area (Å²) < 4.78 is 58.1. The minimum absolute atomic E-state index is 0.136. The maximum atomic E-state index is 13.8. The van der Waals surface area contributed by atoms with E-state index in [0.29, 0.717) is 0 Å². The van der Waals surface area contributed by atoms with E-state index >= 15 is 0 Å². The molecule has 2 atom stereocenters. The van der Waals surface area contributed by atoms with Gasteiger partial charge in [0.15, 0.2) is 23.3 Å². The molecule has 0 saturated heterocycles. The van der Waals surface area contributed by atoms with Crippen LogP contribution in [0.5, 0.6) is 0 Å². The Balaban J connectivity index is 3.44. The van der Waals surface area contributed by atoms with E-state index in [0.717, 1.165) is 6.08 Å². The first kappa shape index (κ1) is 20.8. The van der Waals surface area contributed by atoms with Gasteiger partial charge in [-0.15, -0.1) is 0 Å². The van der Waals surface area contributed by atoms with Gasteiger partial charge in [-0.1, -0.05) is 6.92 Å². The van der Waals surface area contributed by atoms with Crippen molar-refractivity contribution in [2.75, 3.05) is 13.2 Å². The number of Topliss-reactive ketones (excluding diaryl/α,β-unsaturated/α-hetero) is 1. The van der Waals surface area contributed by atoms with Crippen LogP contribution in [0.1, 0.15) is 24.2 Å². The standard InChI is InChI=1S/C16H17F4NO4/c1-3-25-16(24)9(5-11(21)7(2)6-22)15(23)8-4-10(17)13(19)14(20)12(8)18/h4-5,7,11,22H,3,6,21H2,1-2H3/t7-,11?/m1/s1. The van der Waals surface area contributed by atoms with E-state index in [9.17, 15) is 27.2 Å². The van der Waals surface area contributed by atoms with Gasteiger partial charge in [-0.3, -0.25) is 4.79 Å². The lowest BCUT2D eigenvalue weighted by atomic mass is 9.96. The highest BCUT2D eigenvalue weighted by Gasteiger charge is 2.29. The fourth-order valence-corrected chi connectivity index (χ4v) is 1.81. The molecular formula is C16H17F4NO4. The van der Waals surface area contributed by atoms with Crippen molar-refractivity contribution in [2.24, 2.45) is 11.7 Å². The van der Waals surface area contributed by atoms with Crippen LogP contribution in [0.15, 0.2) is 17.7 Å². The number of nitrogens with two attached hydrogens (primary N) is 1. The van der Waals surface area contributed by atoms with Gasteiger partial charge in [-0.2, -0.15) is 0 Å². The minimum Gasteiger partial charge on any atom is -0.462 e. The predicted molar refractivity (Wildman–Crippen MR) is 79.5 cm³/mol. The molecule has 3 N–H and O–H groups in total. The van der Waals surface area contributed by atoms with Gasteiger partial charge in [0, 0.05) is 12.6 Å². The molecule has 0 radical (unpaired) electrons. The van der Waals surface area contributed by atoms with Crippen LogP contribution in [0, 0.1) is 29.2 Å². The maximum Gasteiger partial charge on any atom is 0.341 e. The Morgan fingerprint density at radius 2 is 1.84 bits per heavy atom. The van der Waals surface area contributed by atoms with Gasteiger partial charge < -0.3 is 15.6 Å². The monoisotopic (exact) mass is 363 g/mol. The van der Waals surface area contributed by atoms with Gasteiger partial charge >= 0.3 is 5.97 Å². The molecule has 1 aromatic rings. The molecule has 0 bridgehead atoms. The van der Waals surface area contributed by atoms with Crippen molar-refractivity contribution in [3.63, 3.8) is 0 Å². The van der Waals surface area contributed by atoms with Crippen molar-refractivity contribution >= 4 is 11.8 Å². The number of carbonyl (C=O) groups is 2. The Kier molecular flexibility index (Phi) is 7.25. The average molecular weight is 363 g/mol. The summed E-state index contributed by atoms with van der Waals surface area (Å²) in [5, 5.41) is 9.05. The molecule has 0 fully saturated rings.